The van der Waals surface area contributed by atoms with E-state index >= 15 is 0 Å². The third-order valence-corrected chi connectivity index (χ3v) is 4.65. The monoisotopic (exact) mass is 485 g/mol. The van der Waals surface area contributed by atoms with Crippen LogP contribution >= 0.6 is 15.9 Å². The molecule has 0 saturated heterocycles. The second-order valence-corrected chi connectivity index (χ2v) is 8.04. The summed E-state index contributed by atoms with van der Waals surface area (Å²) in [4.78, 5) is 36.8. The zero-order chi connectivity index (χ0) is 22.5. The van der Waals surface area contributed by atoms with E-state index in [-0.39, 0.29) is 11.6 Å². The highest BCUT2D eigenvalue weighted by Gasteiger charge is 2.17. The maximum Gasteiger partial charge on any atom is 0.338 e. The van der Waals surface area contributed by atoms with E-state index in [9.17, 15) is 19.5 Å². The third-order valence-electron chi connectivity index (χ3n) is 4.12. The van der Waals surface area contributed by atoms with Gasteiger partial charge in [-0.1, -0.05) is 29.8 Å². The Morgan fingerprint density at radius 1 is 1.13 bits per heavy atom. The molecule has 1 amide bonds. The van der Waals surface area contributed by atoms with E-state index in [0.717, 1.165) is 15.2 Å². The van der Waals surface area contributed by atoms with Gasteiger partial charge in [0.15, 0.2) is 11.4 Å². The van der Waals surface area contributed by atoms with Crippen molar-refractivity contribution in [3.8, 4) is 11.4 Å². The number of aromatic hydroxyl groups is 1. The first-order chi connectivity index (χ1) is 14.7. The van der Waals surface area contributed by atoms with Crippen molar-refractivity contribution in [1.82, 2.24) is 9.78 Å². The predicted molar refractivity (Wildman–Crippen MR) is 119 cm³/mol. The van der Waals surface area contributed by atoms with Gasteiger partial charge in [-0.05, 0) is 54.4 Å². The molecule has 0 saturated carbocycles. The van der Waals surface area contributed by atoms with Crippen LogP contribution in [0.4, 0.5) is 5.69 Å². The van der Waals surface area contributed by atoms with E-state index in [1.165, 1.54) is 24.3 Å². The molecule has 0 aliphatic rings. The summed E-state index contributed by atoms with van der Waals surface area (Å²) in [5.41, 5.74) is 0.270. The number of halogens is 1. The molecular formula is C22H20BrN3O5. The predicted octanol–water partition coefficient (Wildman–Crippen LogP) is 3.77. The van der Waals surface area contributed by atoms with Gasteiger partial charge in [0.1, 0.15) is 0 Å². The molecule has 8 nitrogen and oxygen atoms in total. The molecule has 2 aromatic carbocycles. The van der Waals surface area contributed by atoms with Crippen LogP contribution in [-0.2, 0) is 4.74 Å². The Balaban J connectivity index is 1.79. The number of anilines is 1. The average Bonchev–Trinajstić information content (AvgIpc) is 2.73. The van der Waals surface area contributed by atoms with Crippen molar-refractivity contribution in [2.24, 2.45) is 5.92 Å². The maximum atomic E-state index is 12.6. The van der Waals surface area contributed by atoms with Crippen LogP contribution in [0, 0.1) is 5.92 Å². The van der Waals surface area contributed by atoms with Crippen molar-refractivity contribution in [3.63, 3.8) is 0 Å². The number of hydrogen-bond donors (Lipinski definition) is 2. The number of nitrogens with one attached hydrogen (secondary N) is 1. The molecule has 0 aliphatic carbocycles. The first kappa shape index (κ1) is 22.2. The van der Waals surface area contributed by atoms with Gasteiger partial charge in [0.2, 0.25) is 0 Å². The molecule has 0 spiro atoms. The van der Waals surface area contributed by atoms with Crippen molar-refractivity contribution in [2.75, 3.05) is 11.9 Å². The summed E-state index contributed by atoms with van der Waals surface area (Å²) in [5.74, 6) is -1.47. The molecular weight excluding hydrogens is 466 g/mol. The van der Waals surface area contributed by atoms with Crippen molar-refractivity contribution >= 4 is 33.5 Å². The van der Waals surface area contributed by atoms with Crippen LogP contribution in [0.5, 0.6) is 5.75 Å². The van der Waals surface area contributed by atoms with Crippen LogP contribution in [0.1, 0.15) is 34.7 Å². The molecule has 0 aliphatic heterocycles. The van der Waals surface area contributed by atoms with Gasteiger partial charge in [0.25, 0.3) is 11.5 Å². The topological polar surface area (TPSA) is 111 Å². The number of carbonyl (C=O) groups is 2. The lowest BCUT2D eigenvalue weighted by atomic mass is 10.2. The molecule has 1 heterocycles. The van der Waals surface area contributed by atoms with E-state index in [1.807, 2.05) is 13.8 Å². The number of ether oxygens (including phenoxy) is 1. The number of benzene rings is 2. The van der Waals surface area contributed by atoms with Gasteiger partial charge in [-0.3, -0.25) is 9.59 Å². The minimum absolute atomic E-state index is 0.225. The van der Waals surface area contributed by atoms with E-state index in [2.05, 4.69) is 26.3 Å². The summed E-state index contributed by atoms with van der Waals surface area (Å²) in [5, 5.41) is 16.7. The standard InChI is InChI=1S/C22H20BrN3O5/c1-13(2)12-31-22(30)14-3-7-16(8-4-14)24-21(29)20-18(27)11-19(28)26(25-20)17-9-5-15(23)6-10-17/h3-11,13,27H,12H2,1-2H3,(H,24,29). The highest BCUT2D eigenvalue weighted by molar-refractivity contribution is 9.10. The maximum absolute atomic E-state index is 12.6. The number of esters is 1. The van der Waals surface area contributed by atoms with Crippen molar-refractivity contribution in [1.29, 1.82) is 0 Å². The molecule has 0 radical (unpaired) electrons. The van der Waals surface area contributed by atoms with Crippen LogP contribution in [0.15, 0.2) is 63.9 Å². The molecule has 0 unspecified atom stereocenters. The summed E-state index contributed by atoms with van der Waals surface area (Å²) in [6.45, 7) is 4.20. The third kappa shape index (κ3) is 5.58. The fourth-order valence-electron chi connectivity index (χ4n) is 2.58. The van der Waals surface area contributed by atoms with Crippen molar-refractivity contribution in [2.45, 2.75) is 13.8 Å². The second-order valence-electron chi connectivity index (χ2n) is 7.13. The zero-order valence-corrected chi connectivity index (χ0v) is 18.4. The first-order valence-corrected chi connectivity index (χ1v) is 10.2. The molecule has 0 atom stereocenters. The van der Waals surface area contributed by atoms with Gasteiger partial charge >= 0.3 is 5.97 Å². The minimum atomic E-state index is -0.710. The summed E-state index contributed by atoms with van der Waals surface area (Å²) >= 11 is 3.31. The van der Waals surface area contributed by atoms with Crippen molar-refractivity contribution < 1.29 is 19.4 Å². The van der Waals surface area contributed by atoms with E-state index in [1.54, 1.807) is 24.3 Å². The Hall–Kier alpha value is -3.46. The molecule has 1 aromatic heterocycles. The largest absolute Gasteiger partial charge is 0.505 e. The van der Waals surface area contributed by atoms with Gasteiger partial charge < -0.3 is 15.2 Å². The lowest BCUT2D eigenvalue weighted by Crippen LogP contribution is -2.25. The average molecular weight is 486 g/mol. The smallest absolute Gasteiger partial charge is 0.338 e. The van der Waals surface area contributed by atoms with E-state index in [4.69, 9.17) is 4.74 Å². The van der Waals surface area contributed by atoms with E-state index < -0.39 is 23.2 Å². The normalized spacial score (nSPS) is 10.7. The second kappa shape index (κ2) is 9.57. The molecule has 9 heteroatoms. The lowest BCUT2D eigenvalue weighted by Gasteiger charge is -2.10. The number of amides is 1. The van der Waals surface area contributed by atoms with Crippen LogP contribution in [0.2, 0.25) is 0 Å². The molecule has 31 heavy (non-hydrogen) atoms. The Morgan fingerprint density at radius 3 is 2.39 bits per heavy atom. The fraction of sp³-hybridized carbons (Fsp3) is 0.182. The minimum Gasteiger partial charge on any atom is -0.505 e. The summed E-state index contributed by atoms with van der Waals surface area (Å²) in [6.07, 6.45) is 0. The fourth-order valence-corrected chi connectivity index (χ4v) is 2.85. The van der Waals surface area contributed by atoms with Crippen LogP contribution < -0.4 is 10.9 Å². The van der Waals surface area contributed by atoms with Gasteiger partial charge in [-0.2, -0.15) is 9.78 Å². The molecule has 3 rings (SSSR count). The van der Waals surface area contributed by atoms with Gasteiger partial charge in [-0.25, -0.2) is 4.79 Å². The highest BCUT2D eigenvalue weighted by Crippen LogP contribution is 2.18. The number of nitrogens with zero attached hydrogens (tertiary/aromatic N) is 2. The van der Waals surface area contributed by atoms with Gasteiger partial charge in [-0.15, -0.1) is 0 Å². The molecule has 3 aromatic rings. The number of carbonyl (C=O) groups excluding carboxylic acids is 2. The molecule has 0 bridgehead atoms. The van der Waals surface area contributed by atoms with Crippen LogP contribution in [-0.4, -0.2) is 33.4 Å². The van der Waals surface area contributed by atoms with Crippen LogP contribution in [0.25, 0.3) is 5.69 Å². The SMILES string of the molecule is CC(C)COC(=O)c1ccc(NC(=O)c2nn(-c3ccc(Br)cc3)c(=O)cc2O)cc1. The Labute approximate surface area is 186 Å². The molecule has 2 N–H and O–H groups in total. The summed E-state index contributed by atoms with van der Waals surface area (Å²) < 4.78 is 7.00. The van der Waals surface area contributed by atoms with Gasteiger partial charge in [0, 0.05) is 16.2 Å². The van der Waals surface area contributed by atoms with Crippen molar-refractivity contribution in [3.05, 3.63) is 80.7 Å². The Bertz CT molecular complexity index is 1160. The zero-order valence-electron chi connectivity index (χ0n) is 16.8. The highest BCUT2D eigenvalue weighted by atomic mass is 79.9. The lowest BCUT2D eigenvalue weighted by molar-refractivity contribution is 0.0459. The number of aromatic nitrogens is 2. The molecule has 160 valence electrons. The molecule has 0 fully saturated rings. The Kier molecular flexibility index (Phi) is 6.86. The number of rotatable bonds is 6. The number of hydrogen-bond acceptors (Lipinski definition) is 6. The first-order valence-electron chi connectivity index (χ1n) is 9.42. The van der Waals surface area contributed by atoms with Crippen LogP contribution in [0.3, 0.4) is 0 Å². The van der Waals surface area contributed by atoms with E-state index in [0.29, 0.717) is 23.5 Å². The van der Waals surface area contributed by atoms with Gasteiger partial charge in [0.05, 0.1) is 17.9 Å². The summed E-state index contributed by atoms with van der Waals surface area (Å²) in [6, 6.07) is 13.8. The quantitative estimate of drug-likeness (QED) is 0.514. The summed E-state index contributed by atoms with van der Waals surface area (Å²) in [7, 11) is 0. The Morgan fingerprint density at radius 2 is 1.77 bits per heavy atom.